The van der Waals surface area contributed by atoms with Crippen LogP contribution in [-0.2, 0) is 14.1 Å². The minimum Gasteiger partial charge on any atom is -0.285 e. The van der Waals surface area contributed by atoms with Crippen molar-refractivity contribution in [2.75, 3.05) is 0 Å². The highest BCUT2D eigenvalue weighted by Crippen LogP contribution is 2.38. The summed E-state index contributed by atoms with van der Waals surface area (Å²) in [6, 6.07) is 23.1. The molecule has 0 spiro atoms. The van der Waals surface area contributed by atoms with Gasteiger partial charge in [0.05, 0.1) is 32.2 Å². The maximum atomic E-state index is 14.0. The number of rotatable bonds is 5. The third-order valence-corrected chi connectivity index (χ3v) is 8.34. The van der Waals surface area contributed by atoms with Crippen LogP contribution in [0.5, 0.6) is 0 Å². The molecule has 0 saturated carbocycles. The Labute approximate surface area is 215 Å². The van der Waals surface area contributed by atoms with Crippen molar-refractivity contribution < 1.29 is 0 Å². The van der Waals surface area contributed by atoms with Gasteiger partial charge >= 0.3 is 0 Å². The summed E-state index contributed by atoms with van der Waals surface area (Å²) in [6.07, 6.45) is 0. The number of halogens is 1. The first-order chi connectivity index (χ1) is 16.8. The first-order valence-corrected chi connectivity index (χ1v) is 12.8. The first kappa shape index (κ1) is 23.4. The third kappa shape index (κ3) is 3.77. The number of hydrogen-bond acceptors (Lipinski definition) is 3. The fourth-order valence-corrected chi connectivity index (χ4v) is 6.30. The highest BCUT2D eigenvalue weighted by atomic mass is 79.9. The van der Waals surface area contributed by atoms with Crippen molar-refractivity contribution in [1.82, 2.24) is 18.7 Å². The summed E-state index contributed by atoms with van der Waals surface area (Å²) >= 11 is 5.12. The van der Waals surface area contributed by atoms with E-state index in [1.807, 2.05) is 110 Å². The highest BCUT2D eigenvalue weighted by Gasteiger charge is 2.33. The minimum absolute atomic E-state index is 0.125. The Kier molecular flexibility index (Phi) is 6.02. The van der Waals surface area contributed by atoms with E-state index in [1.165, 1.54) is 0 Å². The fourth-order valence-electron chi connectivity index (χ4n) is 4.76. The van der Waals surface area contributed by atoms with Crippen LogP contribution < -0.4 is 11.1 Å². The zero-order chi connectivity index (χ0) is 24.9. The Morgan fingerprint density at radius 1 is 0.686 bits per heavy atom. The molecule has 2 aromatic carbocycles. The van der Waals surface area contributed by atoms with Gasteiger partial charge in [-0.1, -0.05) is 36.4 Å². The molecule has 3 heterocycles. The molecule has 178 valence electrons. The number of para-hydroxylation sites is 2. The molecule has 0 N–H and O–H groups in total. The standard InChI is InChI=1S/C27H25BrN4O2S/c1-17-23(26(33)31(29(17)3)19-11-7-5-8-12-19)25(21-15-16-22(28)35-21)24-18(2)30(4)32(27(24)34)20-13-9-6-10-14-20/h5-16,25H,1-4H3. The molecule has 0 bridgehead atoms. The van der Waals surface area contributed by atoms with Crippen LogP contribution in [0.3, 0.4) is 0 Å². The molecule has 0 radical (unpaired) electrons. The molecule has 0 aliphatic rings. The predicted molar refractivity (Wildman–Crippen MR) is 144 cm³/mol. The smallest absolute Gasteiger partial charge is 0.275 e. The van der Waals surface area contributed by atoms with E-state index in [0.29, 0.717) is 11.1 Å². The molecular weight excluding hydrogens is 524 g/mol. The second-order valence-electron chi connectivity index (χ2n) is 8.53. The van der Waals surface area contributed by atoms with E-state index < -0.39 is 5.92 Å². The van der Waals surface area contributed by atoms with Crippen LogP contribution in [0, 0.1) is 13.8 Å². The highest BCUT2D eigenvalue weighted by molar-refractivity contribution is 9.11. The van der Waals surface area contributed by atoms with E-state index in [9.17, 15) is 9.59 Å². The Morgan fingerprint density at radius 2 is 1.11 bits per heavy atom. The maximum Gasteiger partial charge on any atom is 0.275 e. The molecule has 6 nitrogen and oxygen atoms in total. The summed E-state index contributed by atoms with van der Waals surface area (Å²) in [5.41, 5.74) is 4.18. The molecule has 5 rings (SSSR count). The molecule has 5 aromatic rings. The molecule has 3 aromatic heterocycles. The van der Waals surface area contributed by atoms with Crippen molar-refractivity contribution in [3.63, 3.8) is 0 Å². The molecule has 0 fully saturated rings. The van der Waals surface area contributed by atoms with Gasteiger partial charge in [0, 0.05) is 30.4 Å². The molecule has 0 amide bonds. The molecule has 0 saturated heterocycles. The average Bonchev–Trinajstić information content (AvgIpc) is 3.45. The molecule has 0 atom stereocenters. The summed E-state index contributed by atoms with van der Waals surface area (Å²) in [5, 5.41) is 0. The Balaban J connectivity index is 1.83. The van der Waals surface area contributed by atoms with Gasteiger partial charge in [-0.3, -0.25) is 19.0 Å². The average molecular weight is 549 g/mol. The van der Waals surface area contributed by atoms with E-state index in [1.54, 1.807) is 20.7 Å². The summed E-state index contributed by atoms with van der Waals surface area (Å²) < 4.78 is 8.04. The molecule has 0 unspecified atom stereocenters. The van der Waals surface area contributed by atoms with Crippen molar-refractivity contribution in [3.05, 3.63) is 125 Å². The van der Waals surface area contributed by atoms with Gasteiger partial charge in [0.15, 0.2) is 0 Å². The van der Waals surface area contributed by atoms with Crippen LogP contribution >= 0.6 is 27.3 Å². The Hall–Kier alpha value is -3.36. The zero-order valence-corrected chi connectivity index (χ0v) is 22.3. The lowest BCUT2D eigenvalue weighted by Crippen LogP contribution is -2.26. The normalized spacial score (nSPS) is 11.5. The number of nitrogens with zero attached hydrogens (tertiary/aromatic N) is 4. The van der Waals surface area contributed by atoms with Crippen molar-refractivity contribution >= 4 is 27.3 Å². The first-order valence-electron chi connectivity index (χ1n) is 11.2. The maximum absolute atomic E-state index is 14.0. The second-order valence-corrected chi connectivity index (χ2v) is 11.0. The largest absolute Gasteiger partial charge is 0.285 e. The number of hydrogen-bond donors (Lipinski definition) is 0. The fraction of sp³-hybridized carbons (Fsp3) is 0.185. The summed E-state index contributed by atoms with van der Waals surface area (Å²) in [7, 11) is 3.77. The van der Waals surface area contributed by atoms with Crippen LogP contribution in [0.25, 0.3) is 11.4 Å². The molecule has 35 heavy (non-hydrogen) atoms. The second kappa shape index (κ2) is 9.02. The Bertz CT molecular complexity index is 1530. The van der Waals surface area contributed by atoms with E-state index >= 15 is 0 Å². The van der Waals surface area contributed by atoms with Gasteiger partial charge in [0.1, 0.15) is 0 Å². The van der Waals surface area contributed by atoms with E-state index in [2.05, 4.69) is 15.9 Å². The van der Waals surface area contributed by atoms with Crippen molar-refractivity contribution in [3.8, 4) is 11.4 Å². The van der Waals surface area contributed by atoms with Gasteiger partial charge in [-0.2, -0.15) is 0 Å². The van der Waals surface area contributed by atoms with Gasteiger partial charge in [-0.25, -0.2) is 9.36 Å². The lowest BCUT2D eigenvalue weighted by atomic mass is 9.90. The van der Waals surface area contributed by atoms with Crippen molar-refractivity contribution in [2.24, 2.45) is 14.1 Å². The summed E-state index contributed by atoms with van der Waals surface area (Å²) in [5.74, 6) is -0.501. The van der Waals surface area contributed by atoms with Crippen LogP contribution in [0.2, 0.25) is 0 Å². The monoisotopic (exact) mass is 548 g/mol. The molecular formula is C27H25BrN4O2S. The van der Waals surface area contributed by atoms with Gasteiger partial charge < -0.3 is 0 Å². The van der Waals surface area contributed by atoms with Crippen LogP contribution in [0.1, 0.15) is 33.3 Å². The zero-order valence-electron chi connectivity index (χ0n) is 19.9. The number of aromatic nitrogens is 4. The molecule has 0 aliphatic carbocycles. The molecule has 8 heteroatoms. The lowest BCUT2D eigenvalue weighted by Gasteiger charge is -2.14. The van der Waals surface area contributed by atoms with E-state index in [4.69, 9.17) is 0 Å². The lowest BCUT2D eigenvalue weighted by molar-refractivity contribution is 0.630. The number of benzene rings is 2. The van der Waals surface area contributed by atoms with Crippen molar-refractivity contribution in [1.29, 1.82) is 0 Å². The molecule has 0 aliphatic heterocycles. The SMILES string of the molecule is Cc1c(C(c2ccc(Br)s2)c2c(C)n(C)n(-c3ccccc3)c2=O)c(=O)n(-c2ccccc2)n1C. The minimum atomic E-state index is -0.501. The van der Waals surface area contributed by atoms with Gasteiger partial charge in [0.25, 0.3) is 11.1 Å². The van der Waals surface area contributed by atoms with Gasteiger partial charge in [-0.05, 0) is 66.2 Å². The predicted octanol–water partition coefficient (Wildman–Crippen LogP) is 5.29. The quantitative estimate of drug-likeness (QED) is 0.299. The van der Waals surface area contributed by atoms with Crippen molar-refractivity contribution in [2.45, 2.75) is 19.8 Å². The van der Waals surface area contributed by atoms with Crippen LogP contribution in [-0.4, -0.2) is 18.7 Å². The number of thiophene rings is 1. The third-order valence-electron chi connectivity index (χ3n) is 6.65. The summed E-state index contributed by atoms with van der Waals surface area (Å²) in [4.78, 5) is 29.0. The summed E-state index contributed by atoms with van der Waals surface area (Å²) in [6.45, 7) is 3.89. The van der Waals surface area contributed by atoms with E-state index in [0.717, 1.165) is 31.4 Å². The van der Waals surface area contributed by atoms with Gasteiger partial charge in [-0.15, -0.1) is 11.3 Å². The van der Waals surface area contributed by atoms with Crippen LogP contribution in [0.15, 0.2) is 86.2 Å². The van der Waals surface area contributed by atoms with E-state index in [-0.39, 0.29) is 11.1 Å². The van der Waals surface area contributed by atoms with Gasteiger partial charge in [0.2, 0.25) is 0 Å². The topological polar surface area (TPSA) is 53.9 Å². The van der Waals surface area contributed by atoms with Crippen LogP contribution in [0.4, 0.5) is 0 Å². The Morgan fingerprint density at radius 3 is 1.49 bits per heavy atom.